The summed E-state index contributed by atoms with van der Waals surface area (Å²) in [6.45, 7) is 1.21. The van der Waals surface area contributed by atoms with Crippen molar-refractivity contribution in [3.8, 4) is 0 Å². The van der Waals surface area contributed by atoms with Crippen LogP contribution in [0.4, 0.5) is 0 Å². The highest BCUT2D eigenvalue weighted by Crippen LogP contribution is 2.38. The van der Waals surface area contributed by atoms with Crippen molar-refractivity contribution >= 4 is 16.9 Å². The lowest BCUT2D eigenvalue weighted by Crippen LogP contribution is -2.42. The average molecular weight is 379 g/mol. The molecule has 1 saturated carbocycles. The summed E-state index contributed by atoms with van der Waals surface area (Å²) in [6, 6.07) is 8.85. The molecule has 2 aromatic heterocycles. The molecule has 1 atom stereocenters. The van der Waals surface area contributed by atoms with Gasteiger partial charge in [-0.2, -0.15) is 4.98 Å². The van der Waals surface area contributed by atoms with Crippen molar-refractivity contribution in [3.05, 3.63) is 58.0 Å². The minimum absolute atomic E-state index is 0.0909. The van der Waals surface area contributed by atoms with Crippen LogP contribution in [0, 0.1) is 5.92 Å². The van der Waals surface area contributed by atoms with Crippen LogP contribution in [0.2, 0.25) is 0 Å². The Hall–Kier alpha value is -2.96. The molecule has 2 aliphatic rings. The summed E-state index contributed by atoms with van der Waals surface area (Å²) < 4.78 is 10.7. The fraction of sp³-hybridized carbons (Fsp3) is 0.429. The first kappa shape index (κ1) is 17.2. The van der Waals surface area contributed by atoms with Gasteiger partial charge in [0.05, 0.1) is 0 Å². The Morgan fingerprint density at radius 3 is 2.93 bits per heavy atom. The van der Waals surface area contributed by atoms with E-state index >= 15 is 0 Å². The van der Waals surface area contributed by atoms with Crippen LogP contribution in [0.15, 0.2) is 44.1 Å². The summed E-state index contributed by atoms with van der Waals surface area (Å²) in [5.74, 6) is 1.90. The van der Waals surface area contributed by atoms with E-state index < -0.39 is 5.63 Å². The van der Waals surface area contributed by atoms with Crippen LogP contribution in [0.25, 0.3) is 11.0 Å². The first-order valence-corrected chi connectivity index (χ1v) is 9.82. The van der Waals surface area contributed by atoms with Crippen molar-refractivity contribution in [1.29, 1.82) is 0 Å². The van der Waals surface area contributed by atoms with Crippen LogP contribution in [0.3, 0.4) is 0 Å². The molecular formula is C21H21N3O4. The lowest BCUT2D eigenvalue weighted by atomic mass is 9.94. The molecule has 0 unspecified atom stereocenters. The Bertz CT molecular complexity index is 1080. The van der Waals surface area contributed by atoms with Gasteiger partial charge in [0.2, 0.25) is 5.89 Å². The van der Waals surface area contributed by atoms with Gasteiger partial charge in [0, 0.05) is 30.8 Å². The fourth-order valence-corrected chi connectivity index (χ4v) is 3.90. The maximum absolute atomic E-state index is 13.0. The summed E-state index contributed by atoms with van der Waals surface area (Å²) in [5.41, 5.74) is -0.00612. The summed E-state index contributed by atoms with van der Waals surface area (Å²) in [5, 5.41) is 4.81. The molecule has 1 saturated heterocycles. The van der Waals surface area contributed by atoms with Crippen molar-refractivity contribution in [2.45, 2.75) is 38.0 Å². The van der Waals surface area contributed by atoms with E-state index in [4.69, 9.17) is 8.94 Å². The highest BCUT2D eigenvalue weighted by molar-refractivity contribution is 5.96. The van der Waals surface area contributed by atoms with Gasteiger partial charge in [0.25, 0.3) is 5.91 Å². The molecule has 144 valence electrons. The molecule has 3 heterocycles. The molecular weight excluding hydrogens is 358 g/mol. The smallest absolute Gasteiger partial charge is 0.349 e. The number of benzene rings is 1. The van der Waals surface area contributed by atoms with Gasteiger partial charge in [0.1, 0.15) is 11.1 Å². The molecule has 28 heavy (non-hydrogen) atoms. The second-order valence-corrected chi connectivity index (χ2v) is 7.77. The van der Waals surface area contributed by atoms with Crippen molar-refractivity contribution < 1.29 is 13.7 Å². The van der Waals surface area contributed by atoms with Crippen molar-refractivity contribution in [1.82, 2.24) is 15.0 Å². The van der Waals surface area contributed by atoms with Gasteiger partial charge < -0.3 is 13.8 Å². The number of carbonyl (C=O) groups excluding carboxylic acids is 1. The minimum Gasteiger partial charge on any atom is -0.422 e. The molecule has 0 radical (unpaired) electrons. The number of rotatable bonds is 4. The Labute approximate surface area is 161 Å². The van der Waals surface area contributed by atoms with Gasteiger partial charge in [-0.25, -0.2) is 4.79 Å². The number of fused-ring (bicyclic) bond motifs is 1. The summed E-state index contributed by atoms with van der Waals surface area (Å²) in [6.07, 6.45) is 4.82. The van der Waals surface area contributed by atoms with Crippen LogP contribution in [0.1, 0.15) is 53.7 Å². The number of aromatic nitrogens is 2. The molecule has 5 rings (SSSR count). The minimum atomic E-state index is -0.586. The molecule has 0 N–H and O–H groups in total. The molecule has 1 aromatic carbocycles. The topological polar surface area (TPSA) is 89.4 Å². The van der Waals surface area contributed by atoms with E-state index in [-0.39, 0.29) is 17.4 Å². The zero-order valence-electron chi connectivity index (χ0n) is 15.5. The molecule has 1 aliphatic carbocycles. The van der Waals surface area contributed by atoms with Crippen LogP contribution in [-0.4, -0.2) is 34.0 Å². The number of amides is 1. The van der Waals surface area contributed by atoms with Crippen LogP contribution < -0.4 is 5.63 Å². The third-order valence-electron chi connectivity index (χ3n) is 5.57. The van der Waals surface area contributed by atoms with Gasteiger partial charge in [0.15, 0.2) is 5.82 Å². The molecule has 0 bridgehead atoms. The van der Waals surface area contributed by atoms with Crippen LogP contribution in [-0.2, 0) is 6.42 Å². The van der Waals surface area contributed by atoms with E-state index in [0.29, 0.717) is 36.9 Å². The third-order valence-corrected chi connectivity index (χ3v) is 5.57. The summed E-state index contributed by atoms with van der Waals surface area (Å²) in [4.78, 5) is 31.5. The predicted molar refractivity (Wildman–Crippen MR) is 101 cm³/mol. The first-order valence-electron chi connectivity index (χ1n) is 9.82. The number of hydrogen-bond acceptors (Lipinski definition) is 6. The van der Waals surface area contributed by atoms with E-state index in [2.05, 4.69) is 10.1 Å². The molecule has 3 aromatic rings. The molecule has 0 spiro atoms. The second kappa shape index (κ2) is 6.89. The lowest BCUT2D eigenvalue weighted by molar-refractivity contribution is 0.0664. The van der Waals surface area contributed by atoms with Crippen molar-refractivity contribution in [2.75, 3.05) is 13.1 Å². The number of para-hydroxylation sites is 1. The van der Waals surface area contributed by atoms with Crippen LogP contribution >= 0.6 is 0 Å². The SMILES string of the molecule is O=C(c1cc2ccccc2oc1=O)N1CCC[C@H](Cc2nc(C3CC3)no2)C1. The number of likely N-dealkylation sites (tertiary alicyclic amines) is 1. The molecule has 2 fully saturated rings. The Morgan fingerprint density at radius 2 is 2.07 bits per heavy atom. The molecule has 1 aliphatic heterocycles. The van der Waals surface area contributed by atoms with Gasteiger partial charge >= 0.3 is 5.63 Å². The number of carbonyl (C=O) groups is 1. The van der Waals surface area contributed by atoms with Gasteiger partial charge in [-0.3, -0.25) is 4.79 Å². The summed E-state index contributed by atoms with van der Waals surface area (Å²) >= 11 is 0. The number of hydrogen-bond donors (Lipinski definition) is 0. The van der Waals surface area contributed by atoms with E-state index in [1.54, 1.807) is 23.1 Å². The van der Waals surface area contributed by atoms with Gasteiger partial charge in [-0.15, -0.1) is 0 Å². The normalized spacial score (nSPS) is 19.9. The maximum Gasteiger partial charge on any atom is 0.349 e. The Kier molecular flexibility index (Phi) is 4.22. The zero-order chi connectivity index (χ0) is 19.1. The standard InChI is InChI=1S/C21H21N3O4/c25-20(16-11-15-5-1-2-6-17(15)27-21(16)26)24-9-3-4-13(12-24)10-18-22-19(23-28-18)14-7-8-14/h1-2,5-6,11,13-14H,3-4,7-10,12H2/t13-/m1/s1. The number of piperidine rings is 1. The largest absolute Gasteiger partial charge is 0.422 e. The fourth-order valence-electron chi connectivity index (χ4n) is 3.90. The van der Waals surface area contributed by atoms with E-state index in [1.165, 1.54) is 0 Å². The zero-order valence-corrected chi connectivity index (χ0v) is 15.5. The number of nitrogens with zero attached hydrogens (tertiary/aromatic N) is 3. The Balaban J connectivity index is 1.32. The highest BCUT2D eigenvalue weighted by atomic mass is 16.5. The second-order valence-electron chi connectivity index (χ2n) is 7.77. The molecule has 7 heteroatoms. The average Bonchev–Trinajstić information content (AvgIpc) is 3.46. The predicted octanol–water partition coefficient (Wildman–Crippen LogP) is 3.15. The first-order chi connectivity index (χ1) is 13.7. The maximum atomic E-state index is 13.0. The summed E-state index contributed by atoms with van der Waals surface area (Å²) in [7, 11) is 0. The highest BCUT2D eigenvalue weighted by Gasteiger charge is 2.31. The van der Waals surface area contributed by atoms with Crippen LogP contribution in [0.5, 0.6) is 0 Å². The van der Waals surface area contributed by atoms with E-state index in [9.17, 15) is 9.59 Å². The monoisotopic (exact) mass is 379 g/mol. The quantitative estimate of drug-likeness (QED) is 0.647. The van der Waals surface area contributed by atoms with E-state index in [0.717, 1.165) is 36.9 Å². The lowest BCUT2D eigenvalue weighted by Gasteiger charge is -2.32. The third kappa shape index (κ3) is 3.32. The van der Waals surface area contributed by atoms with Gasteiger partial charge in [-0.1, -0.05) is 23.4 Å². The van der Waals surface area contributed by atoms with E-state index in [1.807, 2.05) is 12.1 Å². The molecule has 1 amide bonds. The van der Waals surface area contributed by atoms with Crippen molar-refractivity contribution in [3.63, 3.8) is 0 Å². The Morgan fingerprint density at radius 1 is 1.21 bits per heavy atom. The van der Waals surface area contributed by atoms with Gasteiger partial charge in [-0.05, 0) is 43.7 Å². The van der Waals surface area contributed by atoms with Crippen molar-refractivity contribution in [2.24, 2.45) is 5.92 Å². The molecule has 7 nitrogen and oxygen atoms in total.